The van der Waals surface area contributed by atoms with Crippen LogP contribution in [0.2, 0.25) is 5.02 Å². The Hall–Kier alpha value is -2.05. The molecule has 1 atom stereocenters. The van der Waals surface area contributed by atoms with E-state index in [1.165, 1.54) is 22.7 Å². The van der Waals surface area contributed by atoms with Gasteiger partial charge in [-0.2, -0.15) is 0 Å². The summed E-state index contributed by atoms with van der Waals surface area (Å²) in [4.78, 5) is 27.8. The molecule has 0 heterocycles. The molecule has 0 aromatic heterocycles. The predicted molar refractivity (Wildman–Crippen MR) is 117 cm³/mol. The summed E-state index contributed by atoms with van der Waals surface area (Å²) < 4.78 is 14.2. The summed E-state index contributed by atoms with van der Waals surface area (Å²) in [6.07, 6.45) is 1.83. The Balaban J connectivity index is 2.11. The van der Waals surface area contributed by atoms with Crippen molar-refractivity contribution in [1.82, 2.24) is 10.2 Å². The minimum atomic E-state index is -0.704. The zero-order chi connectivity index (χ0) is 21.2. The smallest absolute Gasteiger partial charge is 0.242 e. The molecule has 0 saturated carbocycles. The lowest BCUT2D eigenvalue weighted by Crippen LogP contribution is -2.48. The summed E-state index contributed by atoms with van der Waals surface area (Å²) in [6, 6.07) is 12.8. The lowest BCUT2D eigenvalue weighted by molar-refractivity contribution is -0.138. The van der Waals surface area contributed by atoms with E-state index >= 15 is 0 Å². The zero-order valence-corrected chi connectivity index (χ0v) is 18.2. The largest absolute Gasteiger partial charge is 0.354 e. The van der Waals surface area contributed by atoms with Crippen molar-refractivity contribution in [2.45, 2.75) is 44.2 Å². The molecular weight excluding hydrogens is 411 g/mol. The van der Waals surface area contributed by atoms with Gasteiger partial charge in [-0.3, -0.25) is 9.59 Å². The average Bonchev–Trinajstić information content (AvgIpc) is 2.72. The molecule has 0 aliphatic rings. The standard InChI is InChI=1S/C22H26ClFN2O2S/c1-3-4-13-25-22(28)16(2)26(14-17-7-5-6-8-20(17)24)21(27)15-29-19-11-9-18(23)10-12-19/h5-12,16H,3-4,13-15H2,1-2H3,(H,25,28)/t16-/m0/s1. The van der Waals surface area contributed by atoms with E-state index in [0.29, 0.717) is 17.1 Å². The molecule has 0 saturated heterocycles. The molecule has 0 fully saturated rings. The number of carbonyl (C=O) groups excluding carboxylic acids is 2. The Kier molecular flexibility index (Phi) is 9.48. The van der Waals surface area contributed by atoms with Crippen LogP contribution in [0.1, 0.15) is 32.3 Å². The van der Waals surface area contributed by atoms with Gasteiger partial charge in [0.25, 0.3) is 0 Å². The highest BCUT2D eigenvalue weighted by Gasteiger charge is 2.26. The number of nitrogens with zero attached hydrogens (tertiary/aromatic N) is 1. The number of hydrogen-bond acceptors (Lipinski definition) is 3. The van der Waals surface area contributed by atoms with Gasteiger partial charge in [0, 0.05) is 28.6 Å². The van der Waals surface area contributed by atoms with Crippen molar-refractivity contribution in [3.05, 3.63) is 64.9 Å². The van der Waals surface area contributed by atoms with Crippen molar-refractivity contribution < 1.29 is 14.0 Å². The van der Waals surface area contributed by atoms with Crippen LogP contribution in [-0.2, 0) is 16.1 Å². The minimum Gasteiger partial charge on any atom is -0.354 e. The fourth-order valence-corrected chi connectivity index (χ4v) is 3.60. The molecule has 2 aromatic carbocycles. The summed E-state index contributed by atoms with van der Waals surface area (Å²) in [5.74, 6) is -0.719. The van der Waals surface area contributed by atoms with Gasteiger partial charge in [0.2, 0.25) is 11.8 Å². The van der Waals surface area contributed by atoms with Crippen LogP contribution in [0.5, 0.6) is 0 Å². The summed E-state index contributed by atoms with van der Waals surface area (Å²) >= 11 is 7.25. The molecule has 0 bridgehead atoms. The van der Waals surface area contributed by atoms with Gasteiger partial charge in [0.15, 0.2) is 0 Å². The quantitative estimate of drug-likeness (QED) is 0.425. The van der Waals surface area contributed by atoms with E-state index < -0.39 is 11.9 Å². The highest BCUT2D eigenvalue weighted by Crippen LogP contribution is 2.22. The Bertz CT molecular complexity index is 817. The number of thioether (sulfide) groups is 1. The highest BCUT2D eigenvalue weighted by atomic mass is 35.5. The zero-order valence-electron chi connectivity index (χ0n) is 16.7. The topological polar surface area (TPSA) is 49.4 Å². The molecule has 29 heavy (non-hydrogen) atoms. The predicted octanol–water partition coefficient (Wildman–Crippen LogP) is 4.90. The van der Waals surface area contributed by atoms with Gasteiger partial charge in [-0.05, 0) is 43.7 Å². The van der Waals surface area contributed by atoms with Crippen LogP contribution >= 0.6 is 23.4 Å². The number of amides is 2. The Morgan fingerprint density at radius 2 is 1.86 bits per heavy atom. The molecule has 2 amide bonds. The SMILES string of the molecule is CCCCNC(=O)[C@H](C)N(Cc1ccccc1F)C(=O)CSc1ccc(Cl)cc1. The van der Waals surface area contributed by atoms with E-state index in [-0.39, 0.29) is 24.1 Å². The minimum absolute atomic E-state index is 0.0368. The van der Waals surface area contributed by atoms with E-state index in [9.17, 15) is 14.0 Å². The second kappa shape index (κ2) is 11.8. The van der Waals surface area contributed by atoms with Gasteiger partial charge in [-0.15, -0.1) is 11.8 Å². The summed E-state index contributed by atoms with van der Waals surface area (Å²) in [5, 5.41) is 3.48. The maximum atomic E-state index is 14.2. The van der Waals surface area contributed by atoms with Gasteiger partial charge in [-0.1, -0.05) is 43.1 Å². The van der Waals surface area contributed by atoms with E-state index in [4.69, 9.17) is 11.6 Å². The number of carbonyl (C=O) groups is 2. The van der Waals surface area contributed by atoms with E-state index in [0.717, 1.165) is 17.7 Å². The summed E-state index contributed by atoms with van der Waals surface area (Å²) in [7, 11) is 0. The number of nitrogens with one attached hydrogen (secondary N) is 1. The second-order valence-electron chi connectivity index (χ2n) is 6.68. The lowest BCUT2D eigenvalue weighted by Gasteiger charge is -2.29. The number of hydrogen-bond donors (Lipinski definition) is 1. The molecule has 2 rings (SSSR count). The molecule has 1 N–H and O–H groups in total. The molecule has 2 aromatic rings. The molecule has 0 aliphatic heterocycles. The molecule has 0 radical (unpaired) electrons. The first kappa shape index (κ1) is 23.2. The number of benzene rings is 2. The average molecular weight is 437 g/mol. The van der Waals surface area contributed by atoms with Crippen molar-refractivity contribution >= 4 is 35.2 Å². The number of unbranched alkanes of at least 4 members (excludes halogenated alkanes) is 1. The van der Waals surface area contributed by atoms with Crippen LogP contribution in [0.4, 0.5) is 4.39 Å². The monoisotopic (exact) mass is 436 g/mol. The molecule has 156 valence electrons. The first-order valence-corrected chi connectivity index (χ1v) is 11.0. The van der Waals surface area contributed by atoms with Crippen molar-refractivity contribution in [2.24, 2.45) is 0 Å². The number of rotatable bonds is 10. The van der Waals surface area contributed by atoms with Gasteiger partial charge >= 0.3 is 0 Å². The lowest BCUT2D eigenvalue weighted by atomic mass is 10.1. The third-order valence-electron chi connectivity index (χ3n) is 4.47. The van der Waals surface area contributed by atoms with E-state index in [2.05, 4.69) is 5.32 Å². The number of halogens is 2. The van der Waals surface area contributed by atoms with Crippen molar-refractivity contribution in [2.75, 3.05) is 12.3 Å². The normalized spacial score (nSPS) is 11.7. The Morgan fingerprint density at radius 3 is 2.52 bits per heavy atom. The van der Waals surface area contributed by atoms with Crippen molar-refractivity contribution in [3.63, 3.8) is 0 Å². The molecule has 4 nitrogen and oxygen atoms in total. The molecule has 0 aliphatic carbocycles. The fraction of sp³-hybridized carbons (Fsp3) is 0.364. The Labute approximate surface area is 180 Å². The van der Waals surface area contributed by atoms with Gasteiger partial charge in [-0.25, -0.2) is 4.39 Å². The molecular formula is C22H26ClFN2O2S. The van der Waals surface area contributed by atoms with Crippen LogP contribution in [0.15, 0.2) is 53.4 Å². The second-order valence-corrected chi connectivity index (χ2v) is 8.16. The highest BCUT2D eigenvalue weighted by molar-refractivity contribution is 8.00. The maximum Gasteiger partial charge on any atom is 0.242 e. The van der Waals surface area contributed by atoms with Gasteiger partial charge < -0.3 is 10.2 Å². The molecule has 0 spiro atoms. The van der Waals surface area contributed by atoms with E-state index in [1.807, 2.05) is 19.1 Å². The van der Waals surface area contributed by atoms with Crippen molar-refractivity contribution in [3.8, 4) is 0 Å². The third kappa shape index (κ3) is 7.37. The van der Waals surface area contributed by atoms with Gasteiger partial charge in [0.05, 0.1) is 5.75 Å². The van der Waals surface area contributed by atoms with Crippen LogP contribution in [0, 0.1) is 5.82 Å². The first-order chi connectivity index (χ1) is 13.9. The fourth-order valence-electron chi connectivity index (χ4n) is 2.69. The van der Waals surface area contributed by atoms with Crippen LogP contribution in [0.25, 0.3) is 0 Å². The van der Waals surface area contributed by atoms with Crippen LogP contribution in [0.3, 0.4) is 0 Å². The third-order valence-corrected chi connectivity index (χ3v) is 5.72. The summed E-state index contributed by atoms with van der Waals surface area (Å²) in [6.45, 7) is 4.31. The first-order valence-electron chi connectivity index (χ1n) is 9.61. The molecule has 0 unspecified atom stereocenters. The molecule has 7 heteroatoms. The van der Waals surface area contributed by atoms with E-state index in [1.54, 1.807) is 37.3 Å². The van der Waals surface area contributed by atoms with Gasteiger partial charge in [0.1, 0.15) is 11.9 Å². The summed E-state index contributed by atoms with van der Waals surface area (Å²) in [5.41, 5.74) is 0.380. The Morgan fingerprint density at radius 1 is 1.17 bits per heavy atom. The maximum absolute atomic E-state index is 14.2. The van der Waals surface area contributed by atoms with Crippen LogP contribution < -0.4 is 5.32 Å². The van der Waals surface area contributed by atoms with Crippen molar-refractivity contribution in [1.29, 1.82) is 0 Å². The van der Waals surface area contributed by atoms with Crippen LogP contribution in [-0.4, -0.2) is 35.1 Å².